The number of carbonyl (C=O) groups is 1. The van der Waals surface area contributed by atoms with Crippen LogP contribution in [0.3, 0.4) is 0 Å². The summed E-state index contributed by atoms with van der Waals surface area (Å²) >= 11 is 0. The predicted molar refractivity (Wildman–Crippen MR) is 119 cm³/mol. The van der Waals surface area contributed by atoms with Crippen LogP contribution in [0.25, 0.3) is 16.7 Å². The van der Waals surface area contributed by atoms with Crippen molar-refractivity contribution in [1.29, 1.82) is 0 Å². The molecule has 152 valence electrons. The molecule has 0 aliphatic heterocycles. The molecule has 1 amide bonds. The SMILES string of the molecule is COc1ccc(C(=O)Nc2cc(C)nn2-c2cc(C)c3cc(C)cc(C)c3n2)cc1. The van der Waals surface area contributed by atoms with Crippen LogP contribution in [0.4, 0.5) is 5.82 Å². The number of methoxy groups -OCH3 is 1. The van der Waals surface area contributed by atoms with E-state index in [1.807, 2.05) is 19.1 Å². The Labute approximate surface area is 175 Å². The number of aryl methyl sites for hydroxylation is 4. The van der Waals surface area contributed by atoms with Gasteiger partial charge in [0.2, 0.25) is 0 Å². The number of ether oxygens (including phenoxy) is 1. The maximum Gasteiger partial charge on any atom is 0.256 e. The molecule has 0 aliphatic carbocycles. The zero-order valence-corrected chi connectivity index (χ0v) is 17.8. The fourth-order valence-corrected chi connectivity index (χ4v) is 3.63. The summed E-state index contributed by atoms with van der Waals surface area (Å²) in [6.07, 6.45) is 0. The first-order chi connectivity index (χ1) is 14.4. The van der Waals surface area contributed by atoms with Crippen LogP contribution < -0.4 is 10.1 Å². The summed E-state index contributed by atoms with van der Waals surface area (Å²) in [5.74, 6) is 1.73. The maximum absolute atomic E-state index is 12.8. The quantitative estimate of drug-likeness (QED) is 0.528. The van der Waals surface area contributed by atoms with Crippen molar-refractivity contribution in [3.63, 3.8) is 0 Å². The molecule has 0 saturated heterocycles. The Balaban J connectivity index is 1.73. The third-order valence-electron chi connectivity index (χ3n) is 5.08. The topological polar surface area (TPSA) is 69.0 Å². The Hall–Kier alpha value is -3.67. The summed E-state index contributed by atoms with van der Waals surface area (Å²) in [4.78, 5) is 17.6. The molecular formula is C24H24N4O2. The molecule has 6 nitrogen and oxygen atoms in total. The van der Waals surface area contributed by atoms with Crippen molar-refractivity contribution < 1.29 is 9.53 Å². The second kappa shape index (κ2) is 7.63. The normalized spacial score (nSPS) is 11.0. The Bertz CT molecular complexity index is 1260. The van der Waals surface area contributed by atoms with Gasteiger partial charge in [0.05, 0.1) is 18.3 Å². The van der Waals surface area contributed by atoms with Crippen molar-refractivity contribution in [3.8, 4) is 11.6 Å². The van der Waals surface area contributed by atoms with Gasteiger partial charge in [-0.15, -0.1) is 0 Å². The number of amides is 1. The van der Waals surface area contributed by atoms with E-state index in [4.69, 9.17) is 9.72 Å². The van der Waals surface area contributed by atoms with Gasteiger partial charge in [0.25, 0.3) is 5.91 Å². The molecule has 0 fully saturated rings. The zero-order valence-electron chi connectivity index (χ0n) is 17.8. The van der Waals surface area contributed by atoms with Crippen LogP contribution in [0, 0.1) is 27.7 Å². The van der Waals surface area contributed by atoms with Gasteiger partial charge in [-0.1, -0.05) is 11.6 Å². The van der Waals surface area contributed by atoms with Gasteiger partial charge in [-0.25, -0.2) is 4.98 Å². The van der Waals surface area contributed by atoms with Crippen LogP contribution in [-0.4, -0.2) is 27.8 Å². The second-order valence-corrected chi connectivity index (χ2v) is 7.54. The number of benzene rings is 2. The summed E-state index contributed by atoms with van der Waals surface area (Å²) in [5, 5.41) is 8.65. The molecule has 0 spiro atoms. The lowest BCUT2D eigenvalue weighted by atomic mass is 10.0. The minimum atomic E-state index is -0.219. The lowest BCUT2D eigenvalue weighted by Gasteiger charge is -2.12. The van der Waals surface area contributed by atoms with E-state index in [0.29, 0.717) is 22.9 Å². The van der Waals surface area contributed by atoms with E-state index in [-0.39, 0.29) is 5.91 Å². The molecule has 0 unspecified atom stereocenters. The zero-order chi connectivity index (χ0) is 21.4. The molecule has 4 rings (SSSR count). The highest BCUT2D eigenvalue weighted by Gasteiger charge is 2.15. The molecule has 4 aromatic rings. The largest absolute Gasteiger partial charge is 0.497 e. The first-order valence-corrected chi connectivity index (χ1v) is 9.77. The van der Waals surface area contributed by atoms with Crippen LogP contribution in [0.1, 0.15) is 32.7 Å². The molecule has 0 bridgehead atoms. The number of anilines is 1. The average Bonchev–Trinajstić information content (AvgIpc) is 3.08. The van der Waals surface area contributed by atoms with Crippen molar-refractivity contribution in [3.05, 3.63) is 76.5 Å². The van der Waals surface area contributed by atoms with E-state index in [1.165, 1.54) is 5.56 Å². The van der Waals surface area contributed by atoms with Gasteiger partial charge in [-0.2, -0.15) is 9.78 Å². The Morgan fingerprint density at radius 1 is 0.967 bits per heavy atom. The number of nitrogens with one attached hydrogen (secondary N) is 1. The summed E-state index contributed by atoms with van der Waals surface area (Å²) in [7, 11) is 1.60. The van der Waals surface area contributed by atoms with E-state index < -0.39 is 0 Å². The summed E-state index contributed by atoms with van der Waals surface area (Å²) in [6.45, 7) is 8.11. The van der Waals surface area contributed by atoms with E-state index >= 15 is 0 Å². The summed E-state index contributed by atoms with van der Waals surface area (Å²) in [6, 6.07) is 15.1. The highest BCUT2D eigenvalue weighted by atomic mass is 16.5. The van der Waals surface area contributed by atoms with E-state index in [2.05, 4.69) is 43.3 Å². The lowest BCUT2D eigenvalue weighted by Crippen LogP contribution is -2.15. The number of nitrogens with zero attached hydrogens (tertiary/aromatic N) is 3. The highest BCUT2D eigenvalue weighted by Crippen LogP contribution is 2.26. The van der Waals surface area contributed by atoms with Gasteiger partial charge in [-0.05, 0) is 75.2 Å². The van der Waals surface area contributed by atoms with Crippen LogP contribution >= 0.6 is 0 Å². The third-order valence-corrected chi connectivity index (χ3v) is 5.08. The van der Waals surface area contributed by atoms with Gasteiger partial charge in [0.15, 0.2) is 5.82 Å². The predicted octanol–water partition coefficient (Wildman–Crippen LogP) is 4.92. The third kappa shape index (κ3) is 3.64. The van der Waals surface area contributed by atoms with Crippen molar-refractivity contribution in [2.75, 3.05) is 12.4 Å². The molecule has 30 heavy (non-hydrogen) atoms. The van der Waals surface area contributed by atoms with Gasteiger partial charge < -0.3 is 10.1 Å². The Morgan fingerprint density at radius 3 is 2.40 bits per heavy atom. The molecule has 2 heterocycles. The minimum Gasteiger partial charge on any atom is -0.497 e. The summed E-state index contributed by atoms with van der Waals surface area (Å²) in [5.41, 5.74) is 5.71. The standard InChI is InChI=1S/C24H24N4O2/c1-14-10-16(3)23-20(11-14)15(2)12-21(25-23)28-22(13-17(4)27-28)26-24(29)18-6-8-19(30-5)9-7-18/h6-13H,1-5H3,(H,26,29). The molecule has 0 atom stereocenters. The van der Waals surface area contributed by atoms with Crippen molar-refractivity contribution >= 4 is 22.6 Å². The van der Waals surface area contributed by atoms with Crippen molar-refractivity contribution in [2.45, 2.75) is 27.7 Å². The van der Waals surface area contributed by atoms with Crippen LogP contribution in [0.5, 0.6) is 5.75 Å². The molecule has 0 saturated carbocycles. The number of rotatable bonds is 4. The molecule has 1 N–H and O–H groups in total. The molecular weight excluding hydrogens is 376 g/mol. The second-order valence-electron chi connectivity index (χ2n) is 7.54. The maximum atomic E-state index is 12.8. The minimum absolute atomic E-state index is 0.219. The fourth-order valence-electron chi connectivity index (χ4n) is 3.63. The first-order valence-electron chi connectivity index (χ1n) is 9.77. The van der Waals surface area contributed by atoms with Crippen molar-refractivity contribution in [1.82, 2.24) is 14.8 Å². The van der Waals surface area contributed by atoms with Gasteiger partial charge >= 0.3 is 0 Å². The average molecular weight is 400 g/mol. The van der Waals surface area contributed by atoms with E-state index in [1.54, 1.807) is 36.1 Å². The Kier molecular flexibility index (Phi) is 4.99. The Morgan fingerprint density at radius 2 is 1.70 bits per heavy atom. The number of fused-ring (bicyclic) bond motifs is 1. The number of pyridine rings is 1. The first kappa shape index (κ1) is 19.6. The van der Waals surface area contributed by atoms with Gasteiger partial charge in [-0.3, -0.25) is 4.79 Å². The monoisotopic (exact) mass is 400 g/mol. The van der Waals surface area contributed by atoms with Crippen molar-refractivity contribution in [2.24, 2.45) is 0 Å². The van der Waals surface area contributed by atoms with Crippen LogP contribution in [0.2, 0.25) is 0 Å². The van der Waals surface area contributed by atoms with Crippen LogP contribution in [0.15, 0.2) is 48.5 Å². The van der Waals surface area contributed by atoms with E-state index in [0.717, 1.165) is 27.7 Å². The fraction of sp³-hybridized carbons (Fsp3) is 0.208. The smallest absolute Gasteiger partial charge is 0.256 e. The summed E-state index contributed by atoms with van der Waals surface area (Å²) < 4.78 is 6.84. The molecule has 2 aromatic carbocycles. The van der Waals surface area contributed by atoms with Crippen LogP contribution in [-0.2, 0) is 0 Å². The lowest BCUT2D eigenvalue weighted by molar-refractivity contribution is 0.102. The highest BCUT2D eigenvalue weighted by molar-refractivity contribution is 6.04. The number of hydrogen-bond donors (Lipinski definition) is 1. The number of aromatic nitrogens is 3. The molecule has 0 radical (unpaired) electrons. The molecule has 2 aromatic heterocycles. The molecule has 0 aliphatic rings. The van der Waals surface area contributed by atoms with E-state index in [9.17, 15) is 4.79 Å². The number of hydrogen-bond acceptors (Lipinski definition) is 4. The number of carbonyl (C=O) groups excluding carboxylic acids is 1. The van der Waals surface area contributed by atoms with Gasteiger partial charge in [0, 0.05) is 17.0 Å². The van der Waals surface area contributed by atoms with Gasteiger partial charge in [0.1, 0.15) is 11.6 Å². The molecule has 6 heteroatoms.